The monoisotopic (exact) mass is 404 g/mol. The van der Waals surface area contributed by atoms with Gasteiger partial charge in [-0.25, -0.2) is 0 Å². The van der Waals surface area contributed by atoms with Gasteiger partial charge in [0.25, 0.3) is 0 Å². The highest BCUT2D eigenvalue weighted by molar-refractivity contribution is 7.74. The molecule has 1 unspecified atom stereocenters. The Balaban J connectivity index is 2.42. The summed E-state index contributed by atoms with van der Waals surface area (Å²) >= 11 is -2.21. The van der Waals surface area contributed by atoms with E-state index in [0.717, 1.165) is 35.7 Å². The summed E-state index contributed by atoms with van der Waals surface area (Å²) < 4.78 is 32.7. The third kappa shape index (κ3) is 4.29. The van der Waals surface area contributed by atoms with E-state index in [2.05, 4.69) is 41.5 Å². The van der Waals surface area contributed by atoms with E-state index in [4.69, 9.17) is 8.61 Å². The highest BCUT2D eigenvalue weighted by Crippen LogP contribution is 2.63. The van der Waals surface area contributed by atoms with Gasteiger partial charge in [-0.05, 0) is 54.8 Å². The van der Waals surface area contributed by atoms with E-state index in [1.54, 1.807) is 0 Å². The van der Waals surface area contributed by atoms with Crippen molar-refractivity contribution in [2.45, 2.75) is 92.3 Å². The van der Waals surface area contributed by atoms with Crippen LogP contribution in [0.5, 0.6) is 0 Å². The van der Waals surface area contributed by atoms with E-state index in [0.29, 0.717) is 11.8 Å². The summed E-state index contributed by atoms with van der Waals surface area (Å²) in [5.74, 6) is 2.04. The summed E-state index contributed by atoms with van der Waals surface area (Å²) in [4.78, 5) is 0. The lowest BCUT2D eigenvalue weighted by Crippen LogP contribution is -2.63. The fraction of sp³-hybridized carbons (Fsp3) is 1.00. The molecule has 0 aliphatic heterocycles. The van der Waals surface area contributed by atoms with Crippen LogP contribution in [0.15, 0.2) is 0 Å². The van der Waals surface area contributed by atoms with Crippen molar-refractivity contribution in [2.75, 3.05) is 0 Å². The highest BCUT2D eigenvalue weighted by atomic mass is 32.2. The molecule has 2 aliphatic rings. The van der Waals surface area contributed by atoms with Crippen molar-refractivity contribution in [2.24, 2.45) is 34.5 Å². The van der Waals surface area contributed by atoms with Crippen LogP contribution in [0.3, 0.4) is 0 Å². The molecule has 26 heavy (non-hydrogen) atoms. The smallest absolute Gasteiger partial charge is 0.302 e. The Hall–Kier alpha value is 0.247. The Morgan fingerprint density at radius 3 is 2.54 bits per heavy atom. The van der Waals surface area contributed by atoms with Crippen LogP contribution < -0.4 is 0 Å². The Labute approximate surface area is 166 Å². The van der Waals surface area contributed by atoms with Crippen LogP contribution in [-0.4, -0.2) is 31.5 Å². The zero-order valence-electron chi connectivity index (χ0n) is 17.8. The lowest BCUT2D eigenvalue weighted by Gasteiger charge is -2.63. The van der Waals surface area contributed by atoms with E-state index in [1.807, 2.05) is 0 Å². The van der Waals surface area contributed by atoms with Gasteiger partial charge in [-0.2, -0.15) is 4.21 Å². The van der Waals surface area contributed by atoms with Crippen LogP contribution in [0.1, 0.15) is 80.1 Å². The highest BCUT2D eigenvalue weighted by Gasteiger charge is 2.62. The van der Waals surface area contributed by atoms with Gasteiger partial charge in [0, 0.05) is 11.5 Å². The molecule has 0 radical (unpaired) electrons. The van der Waals surface area contributed by atoms with Gasteiger partial charge in [0.2, 0.25) is 0 Å². The van der Waals surface area contributed by atoms with Crippen LogP contribution in [0.4, 0.5) is 0 Å². The van der Waals surface area contributed by atoms with Crippen LogP contribution in [0, 0.1) is 34.5 Å². The molecule has 154 valence electrons. The molecule has 4 nitrogen and oxygen atoms in total. The van der Waals surface area contributed by atoms with E-state index in [9.17, 15) is 8.76 Å². The second-order valence-electron chi connectivity index (χ2n) is 9.86. The van der Waals surface area contributed by atoms with Crippen molar-refractivity contribution in [3.63, 3.8) is 0 Å². The van der Waals surface area contributed by atoms with E-state index < -0.39 is 11.4 Å². The number of hydrogen-bond acceptors (Lipinski definition) is 3. The lowest BCUT2D eigenvalue weighted by molar-refractivity contribution is -0.194. The first-order valence-electron chi connectivity index (χ1n) is 10.4. The first kappa shape index (κ1) is 22.5. The molecule has 0 saturated heterocycles. The second kappa shape index (κ2) is 8.72. The predicted molar refractivity (Wildman–Crippen MR) is 111 cm³/mol. The molecule has 0 amide bonds. The quantitative estimate of drug-likeness (QED) is 0.513. The standard InChI is InChI=1S/C20H40O4SSi/c1-7-13(2)8-9-15-14(3)12-16(23-25(21)22)18-19(4,5)11-10-17(24-26)20(15,18)6/h13-18H,7-12H2,1-6,26H3,(H,21,22)/t13-,14+,15+,16+,17-,18+,20+/m1/s1. The van der Waals surface area contributed by atoms with Crippen molar-refractivity contribution < 1.29 is 17.4 Å². The fourth-order valence-corrected chi connectivity index (χ4v) is 7.65. The van der Waals surface area contributed by atoms with E-state index in [-0.39, 0.29) is 29.0 Å². The molecule has 1 N–H and O–H groups in total. The summed E-state index contributed by atoms with van der Waals surface area (Å²) in [6.45, 7) is 14.0. The maximum absolute atomic E-state index is 11.5. The molecular formula is C20H40O4SSi. The maximum atomic E-state index is 11.5. The topological polar surface area (TPSA) is 55.8 Å². The molecule has 0 aromatic rings. The maximum Gasteiger partial charge on any atom is 0.302 e. The van der Waals surface area contributed by atoms with Crippen LogP contribution in [-0.2, 0) is 20.0 Å². The zero-order chi connectivity index (χ0) is 19.7. The summed E-state index contributed by atoms with van der Waals surface area (Å²) in [7, 11) is 0.735. The third-order valence-electron chi connectivity index (χ3n) is 7.88. The Bertz CT molecular complexity index is 500. The van der Waals surface area contributed by atoms with Gasteiger partial charge in [0.1, 0.15) is 10.5 Å². The van der Waals surface area contributed by atoms with Crippen LogP contribution in [0.25, 0.3) is 0 Å². The number of hydrogen-bond donors (Lipinski definition) is 1. The van der Waals surface area contributed by atoms with Gasteiger partial charge in [-0.3, -0.25) is 8.74 Å². The Morgan fingerprint density at radius 2 is 2.00 bits per heavy atom. The predicted octanol–water partition coefficient (Wildman–Crippen LogP) is 4.10. The molecule has 0 aromatic heterocycles. The summed E-state index contributed by atoms with van der Waals surface area (Å²) in [5.41, 5.74) is 0.0861. The van der Waals surface area contributed by atoms with Crippen molar-refractivity contribution in [1.29, 1.82) is 0 Å². The molecule has 6 heteroatoms. The van der Waals surface area contributed by atoms with Crippen molar-refractivity contribution in [3.05, 3.63) is 0 Å². The third-order valence-corrected chi connectivity index (χ3v) is 8.86. The van der Waals surface area contributed by atoms with E-state index >= 15 is 0 Å². The van der Waals surface area contributed by atoms with Gasteiger partial charge in [-0.1, -0.05) is 54.4 Å². The van der Waals surface area contributed by atoms with Crippen molar-refractivity contribution >= 4 is 21.8 Å². The van der Waals surface area contributed by atoms with Crippen LogP contribution >= 0.6 is 0 Å². The van der Waals surface area contributed by atoms with E-state index in [1.165, 1.54) is 19.3 Å². The van der Waals surface area contributed by atoms with Gasteiger partial charge in [-0.15, -0.1) is 0 Å². The molecule has 2 fully saturated rings. The van der Waals surface area contributed by atoms with Gasteiger partial charge >= 0.3 is 11.4 Å². The molecule has 2 rings (SSSR count). The fourth-order valence-electron chi connectivity index (χ4n) is 6.50. The van der Waals surface area contributed by atoms with Gasteiger partial charge in [0.15, 0.2) is 0 Å². The molecule has 2 aliphatic carbocycles. The minimum Gasteiger partial charge on any atom is -0.424 e. The molecule has 8 atom stereocenters. The average Bonchev–Trinajstić information content (AvgIpc) is 2.52. The molecule has 0 spiro atoms. The number of rotatable bonds is 7. The minimum absolute atomic E-state index is 0.00132. The normalized spacial score (nSPS) is 42.2. The largest absolute Gasteiger partial charge is 0.424 e. The van der Waals surface area contributed by atoms with Gasteiger partial charge in [0.05, 0.1) is 6.10 Å². The Kier molecular flexibility index (Phi) is 7.56. The summed E-state index contributed by atoms with van der Waals surface area (Å²) in [6, 6.07) is 0. The molecule has 2 saturated carbocycles. The Morgan fingerprint density at radius 1 is 1.35 bits per heavy atom. The zero-order valence-corrected chi connectivity index (χ0v) is 20.6. The average molecular weight is 405 g/mol. The second-order valence-corrected chi connectivity index (χ2v) is 11.0. The number of fused-ring (bicyclic) bond motifs is 1. The first-order valence-corrected chi connectivity index (χ1v) is 12.2. The molecule has 0 aromatic carbocycles. The first-order chi connectivity index (χ1) is 12.1. The lowest BCUT2D eigenvalue weighted by atomic mass is 9.44. The SMILES string of the molecule is CC[C@@H](C)CC[C@H]1[C@@H](C)C[C@H](OS(=O)O)[C@H]2C(C)(C)CC[C@@H](O[SiH3])[C@]12C. The van der Waals surface area contributed by atoms with Crippen molar-refractivity contribution in [3.8, 4) is 0 Å². The van der Waals surface area contributed by atoms with Crippen LogP contribution in [0.2, 0.25) is 0 Å². The minimum atomic E-state index is -2.21. The molecule has 0 heterocycles. The summed E-state index contributed by atoms with van der Waals surface area (Å²) in [6.07, 6.45) is 6.81. The molecular weight excluding hydrogens is 364 g/mol. The van der Waals surface area contributed by atoms with Crippen molar-refractivity contribution in [1.82, 2.24) is 0 Å². The van der Waals surface area contributed by atoms with Gasteiger partial charge < -0.3 is 4.43 Å². The summed E-state index contributed by atoms with van der Waals surface area (Å²) in [5, 5.41) is 0. The molecule has 0 bridgehead atoms.